The fourth-order valence-electron chi connectivity index (χ4n) is 1.24. The summed E-state index contributed by atoms with van der Waals surface area (Å²) in [4.78, 5) is 23.6. The monoisotopic (exact) mass is 200 g/mol. The van der Waals surface area contributed by atoms with E-state index >= 15 is 0 Å². The number of hydrogen-bond acceptors (Lipinski definition) is 4. The molecule has 2 rings (SSSR count). The molecule has 0 aromatic carbocycles. The normalized spacial score (nSPS) is 26.4. The first-order valence-corrected chi connectivity index (χ1v) is 4.59. The van der Waals surface area contributed by atoms with Crippen LogP contribution in [-0.4, -0.2) is 49.4 Å². The van der Waals surface area contributed by atoms with E-state index in [4.69, 9.17) is 9.47 Å². The van der Waals surface area contributed by atoms with Gasteiger partial charge in [0.1, 0.15) is 6.61 Å². The summed E-state index contributed by atoms with van der Waals surface area (Å²) in [6.07, 6.45) is 0.0235. The molecule has 0 bridgehead atoms. The second-order valence-electron chi connectivity index (χ2n) is 3.27. The summed E-state index contributed by atoms with van der Waals surface area (Å²) < 4.78 is 9.99. The van der Waals surface area contributed by atoms with Gasteiger partial charge in [-0.1, -0.05) is 0 Å². The van der Waals surface area contributed by atoms with Crippen molar-refractivity contribution in [3.8, 4) is 0 Å². The Morgan fingerprint density at radius 1 is 1.57 bits per heavy atom. The van der Waals surface area contributed by atoms with Crippen LogP contribution in [-0.2, 0) is 14.3 Å². The summed E-state index contributed by atoms with van der Waals surface area (Å²) in [6, 6.07) is 0. The van der Waals surface area contributed by atoms with Crippen molar-refractivity contribution in [1.82, 2.24) is 10.2 Å². The number of carbonyl (C=O) groups excluding carboxylic acids is 2. The average molecular weight is 200 g/mol. The van der Waals surface area contributed by atoms with Crippen LogP contribution in [0.15, 0.2) is 0 Å². The van der Waals surface area contributed by atoms with Gasteiger partial charge in [0, 0.05) is 13.1 Å². The molecule has 0 radical (unpaired) electrons. The van der Waals surface area contributed by atoms with E-state index in [9.17, 15) is 9.59 Å². The van der Waals surface area contributed by atoms with E-state index in [1.54, 1.807) is 4.90 Å². The first-order valence-electron chi connectivity index (χ1n) is 4.59. The zero-order chi connectivity index (χ0) is 9.97. The molecule has 2 aliphatic rings. The van der Waals surface area contributed by atoms with Crippen molar-refractivity contribution in [3.05, 3.63) is 0 Å². The Bertz CT molecular complexity index is 242. The van der Waals surface area contributed by atoms with E-state index in [-0.39, 0.29) is 25.2 Å². The van der Waals surface area contributed by atoms with Crippen LogP contribution in [0, 0.1) is 0 Å². The number of morpholine rings is 1. The molecule has 2 saturated heterocycles. The molecule has 1 N–H and O–H groups in total. The Kier molecular flexibility index (Phi) is 2.53. The van der Waals surface area contributed by atoms with E-state index in [0.717, 1.165) is 19.5 Å². The second kappa shape index (κ2) is 3.83. The second-order valence-corrected chi connectivity index (χ2v) is 3.27. The highest BCUT2D eigenvalue weighted by atomic mass is 16.7. The van der Waals surface area contributed by atoms with Crippen LogP contribution in [0.2, 0.25) is 0 Å². The molecule has 14 heavy (non-hydrogen) atoms. The predicted octanol–water partition coefficient (Wildman–Crippen LogP) is -0.699. The highest BCUT2D eigenvalue weighted by molar-refractivity contribution is 5.77. The number of amides is 2. The van der Waals surface area contributed by atoms with Gasteiger partial charge in [0.25, 0.3) is 0 Å². The van der Waals surface area contributed by atoms with E-state index in [0.29, 0.717) is 0 Å². The minimum atomic E-state index is -0.638. The van der Waals surface area contributed by atoms with E-state index in [1.165, 1.54) is 0 Å². The minimum Gasteiger partial charge on any atom is -0.417 e. The summed E-state index contributed by atoms with van der Waals surface area (Å²) in [5.74, 6) is -0.179. The fourth-order valence-corrected chi connectivity index (χ4v) is 1.24. The van der Waals surface area contributed by atoms with Crippen LogP contribution in [0.3, 0.4) is 0 Å². The predicted molar refractivity (Wildman–Crippen MR) is 45.4 cm³/mol. The molecular weight excluding hydrogens is 188 g/mol. The molecule has 0 aromatic heterocycles. The number of nitrogens with one attached hydrogen (secondary N) is 1. The Morgan fingerprint density at radius 3 is 2.86 bits per heavy atom. The SMILES string of the molecule is O=C1COC(OC(=O)N2CCC2)CN1. The number of carbonyl (C=O) groups is 2. The summed E-state index contributed by atoms with van der Waals surface area (Å²) in [5.41, 5.74) is 0. The Hall–Kier alpha value is -1.30. The highest BCUT2D eigenvalue weighted by Gasteiger charge is 2.27. The lowest BCUT2D eigenvalue weighted by atomic mass is 10.2. The molecule has 0 spiro atoms. The third kappa shape index (κ3) is 1.95. The molecule has 0 saturated carbocycles. The number of likely N-dealkylation sites (tertiary alicyclic amines) is 1. The molecule has 2 amide bonds. The highest BCUT2D eigenvalue weighted by Crippen LogP contribution is 2.10. The topological polar surface area (TPSA) is 67.9 Å². The van der Waals surface area contributed by atoms with Crippen molar-refractivity contribution in [1.29, 1.82) is 0 Å². The molecule has 2 fully saturated rings. The average Bonchev–Trinajstić information content (AvgIpc) is 2.06. The van der Waals surface area contributed by atoms with Gasteiger partial charge in [-0.3, -0.25) is 4.79 Å². The van der Waals surface area contributed by atoms with Crippen LogP contribution >= 0.6 is 0 Å². The summed E-state index contributed by atoms with van der Waals surface area (Å²) in [6.45, 7) is 1.69. The summed E-state index contributed by atoms with van der Waals surface area (Å²) in [7, 11) is 0. The van der Waals surface area contributed by atoms with E-state index < -0.39 is 6.29 Å². The van der Waals surface area contributed by atoms with Gasteiger partial charge in [0.15, 0.2) is 0 Å². The number of ether oxygens (including phenoxy) is 2. The molecule has 1 unspecified atom stereocenters. The smallest absolute Gasteiger partial charge is 0.412 e. The molecule has 6 heteroatoms. The number of hydrogen-bond donors (Lipinski definition) is 1. The molecule has 78 valence electrons. The largest absolute Gasteiger partial charge is 0.417 e. The van der Waals surface area contributed by atoms with Crippen LogP contribution in [0.1, 0.15) is 6.42 Å². The lowest BCUT2D eigenvalue weighted by Crippen LogP contribution is -2.49. The maximum absolute atomic E-state index is 11.3. The van der Waals surface area contributed by atoms with Crippen LogP contribution < -0.4 is 5.32 Å². The van der Waals surface area contributed by atoms with E-state index in [2.05, 4.69) is 5.32 Å². The molecule has 1 atom stereocenters. The fraction of sp³-hybridized carbons (Fsp3) is 0.750. The third-order valence-electron chi connectivity index (χ3n) is 2.21. The number of rotatable bonds is 1. The van der Waals surface area contributed by atoms with Gasteiger partial charge in [-0.2, -0.15) is 0 Å². The maximum Gasteiger partial charge on any atom is 0.412 e. The standard InChI is InChI=1S/C8H12N2O4/c11-6-5-13-7(4-9-6)14-8(12)10-2-1-3-10/h7H,1-5H2,(H,9,11). The van der Waals surface area contributed by atoms with Gasteiger partial charge in [-0.05, 0) is 6.42 Å². The molecule has 2 aliphatic heterocycles. The third-order valence-corrected chi connectivity index (χ3v) is 2.21. The van der Waals surface area contributed by atoms with Gasteiger partial charge < -0.3 is 19.7 Å². The van der Waals surface area contributed by atoms with Crippen molar-refractivity contribution >= 4 is 12.0 Å². The van der Waals surface area contributed by atoms with Gasteiger partial charge >= 0.3 is 6.09 Å². The van der Waals surface area contributed by atoms with Gasteiger partial charge in [0.05, 0.1) is 6.54 Å². The summed E-state index contributed by atoms with van der Waals surface area (Å²) in [5, 5.41) is 2.55. The van der Waals surface area contributed by atoms with Crippen molar-refractivity contribution in [3.63, 3.8) is 0 Å². The lowest BCUT2D eigenvalue weighted by Gasteiger charge is -2.32. The zero-order valence-electron chi connectivity index (χ0n) is 7.69. The van der Waals surface area contributed by atoms with Crippen molar-refractivity contribution in [2.75, 3.05) is 26.2 Å². The van der Waals surface area contributed by atoms with Crippen molar-refractivity contribution < 1.29 is 19.1 Å². The van der Waals surface area contributed by atoms with Gasteiger partial charge in [-0.15, -0.1) is 0 Å². The lowest BCUT2D eigenvalue weighted by molar-refractivity contribution is -0.157. The van der Waals surface area contributed by atoms with Crippen LogP contribution in [0.25, 0.3) is 0 Å². The van der Waals surface area contributed by atoms with Crippen LogP contribution in [0.4, 0.5) is 4.79 Å². The first kappa shape index (κ1) is 9.26. The van der Waals surface area contributed by atoms with Crippen LogP contribution in [0.5, 0.6) is 0 Å². The molecule has 2 heterocycles. The van der Waals surface area contributed by atoms with Crippen molar-refractivity contribution in [2.45, 2.75) is 12.7 Å². The van der Waals surface area contributed by atoms with Gasteiger partial charge in [0.2, 0.25) is 12.2 Å². The van der Waals surface area contributed by atoms with E-state index in [1.807, 2.05) is 0 Å². The summed E-state index contributed by atoms with van der Waals surface area (Å²) >= 11 is 0. The molecule has 6 nitrogen and oxygen atoms in total. The maximum atomic E-state index is 11.3. The first-order chi connectivity index (χ1) is 6.75. The Labute approximate surface area is 81.1 Å². The van der Waals surface area contributed by atoms with Gasteiger partial charge in [-0.25, -0.2) is 4.79 Å². The molecule has 0 aromatic rings. The Balaban J connectivity index is 1.74. The zero-order valence-corrected chi connectivity index (χ0v) is 7.69. The Morgan fingerprint density at radius 2 is 2.36 bits per heavy atom. The number of nitrogens with zero attached hydrogens (tertiary/aromatic N) is 1. The molecule has 0 aliphatic carbocycles. The van der Waals surface area contributed by atoms with Crippen molar-refractivity contribution in [2.24, 2.45) is 0 Å². The quantitative estimate of drug-likeness (QED) is 0.607. The molecular formula is C8H12N2O4. The minimum absolute atomic E-state index is 0.0437.